The number of ether oxygens (including phenoxy) is 1. The molecule has 4 heterocycles. The molecule has 186 valence electrons. The number of carbonyl (C=O) groups excluding carboxylic acids is 1. The number of nitrogen functional groups attached to an aromatic ring is 1. The number of benzene rings is 2. The van der Waals surface area contributed by atoms with Gasteiger partial charge in [0.15, 0.2) is 0 Å². The van der Waals surface area contributed by atoms with Gasteiger partial charge in [0, 0.05) is 52.9 Å². The predicted octanol–water partition coefficient (Wildman–Crippen LogP) is 4.90. The molecule has 0 fully saturated rings. The molecule has 2 N–H and O–H groups in total. The number of pyridine rings is 2. The Balaban J connectivity index is 1.47. The Morgan fingerprint density at radius 3 is 2.70 bits per heavy atom. The van der Waals surface area contributed by atoms with Crippen LogP contribution in [-0.4, -0.2) is 32.3 Å². The number of aryl methyl sites for hydroxylation is 1. The molecule has 6 rings (SSSR count). The molecule has 1 amide bonds. The molecule has 0 bridgehead atoms. The quantitative estimate of drug-likeness (QED) is 0.351. The van der Waals surface area contributed by atoms with Crippen LogP contribution in [0.15, 0.2) is 67.3 Å². The minimum atomic E-state index is -4.50. The van der Waals surface area contributed by atoms with E-state index in [1.807, 2.05) is 0 Å². The lowest BCUT2D eigenvalue weighted by Gasteiger charge is -2.27. The van der Waals surface area contributed by atoms with Gasteiger partial charge in [0.2, 0.25) is 0 Å². The molecule has 37 heavy (non-hydrogen) atoms. The molecule has 0 aliphatic carbocycles. The summed E-state index contributed by atoms with van der Waals surface area (Å²) in [5, 5.41) is 6.36. The smallest absolute Gasteiger partial charge is 0.416 e. The summed E-state index contributed by atoms with van der Waals surface area (Å²) in [7, 11) is 1.71. The number of anilines is 2. The van der Waals surface area contributed by atoms with Gasteiger partial charge in [-0.15, -0.1) is 0 Å². The first-order valence-corrected chi connectivity index (χ1v) is 11.3. The fraction of sp³-hybridized carbons (Fsp3) is 0.154. The molecule has 2 aromatic carbocycles. The first kappa shape index (κ1) is 22.8. The average molecular weight is 504 g/mol. The maximum atomic E-state index is 14.0. The zero-order valence-electron chi connectivity index (χ0n) is 19.4. The third-order valence-corrected chi connectivity index (χ3v) is 6.47. The van der Waals surface area contributed by atoms with E-state index in [9.17, 15) is 18.0 Å². The molecular weight excluding hydrogens is 485 g/mol. The molecule has 3 aromatic heterocycles. The summed E-state index contributed by atoms with van der Waals surface area (Å²) in [5.74, 6) is 0.0841. The highest BCUT2D eigenvalue weighted by atomic mass is 19.4. The molecule has 11 heteroatoms. The molecule has 1 unspecified atom stereocenters. The number of rotatable bonds is 3. The zero-order chi connectivity index (χ0) is 25.9. The van der Waals surface area contributed by atoms with Crippen LogP contribution in [0.5, 0.6) is 5.75 Å². The lowest BCUT2D eigenvalue weighted by molar-refractivity contribution is -0.137. The molecule has 8 nitrogen and oxygen atoms in total. The van der Waals surface area contributed by atoms with Gasteiger partial charge in [-0.3, -0.25) is 19.4 Å². The Morgan fingerprint density at radius 1 is 1.11 bits per heavy atom. The molecule has 5 aromatic rings. The molecule has 0 saturated carbocycles. The molecule has 0 radical (unpaired) electrons. The van der Waals surface area contributed by atoms with Crippen molar-refractivity contribution >= 4 is 39.1 Å². The Kier molecular flexibility index (Phi) is 5.04. The van der Waals surface area contributed by atoms with Gasteiger partial charge < -0.3 is 10.5 Å². The Labute approximate surface area is 208 Å². The summed E-state index contributed by atoms with van der Waals surface area (Å²) in [5.41, 5.74) is 7.22. The minimum absolute atomic E-state index is 0.00417. The highest BCUT2D eigenvalue weighted by molar-refractivity contribution is 6.13. The topological polar surface area (TPSA) is 99.2 Å². The molecule has 0 saturated heterocycles. The number of carbonyl (C=O) groups is 1. The van der Waals surface area contributed by atoms with Crippen molar-refractivity contribution in [2.24, 2.45) is 7.05 Å². The summed E-state index contributed by atoms with van der Waals surface area (Å²) in [6.07, 6.45) is 1.98. The Hall–Kier alpha value is -4.67. The van der Waals surface area contributed by atoms with Crippen molar-refractivity contribution in [3.05, 3.63) is 83.9 Å². The number of hydrogen-bond donors (Lipinski definition) is 1. The summed E-state index contributed by atoms with van der Waals surface area (Å²) < 4.78 is 46.9. The molecular formula is C26H19F3N6O2. The van der Waals surface area contributed by atoms with Gasteiger partial charge in [0.25, 0.3) is 5.91 Å². The van der Waals surface area contributed by atoms with Crippen LogP contribution < -0.4 is 15.4 Å². The maximum Gasteiger partial charge on any atom is 0.416 e. The van der Waals surface area contributed by atoms with Crippen LogP contribution in [0.4, 0.5) is 24.7 Å². The number of amides is 1. The highest BCUT2D eigenvalue weighted by Gasteiger charge is 2.38. The lowest BCUT2D eigenvalue weighted by Crippen LogP contribution is -2.35. The van der Waals surface area contributed by atoms with Crippen LogP contribution in [0.1, 0.15) is 27.5 Å². The van der Waals surface area contributed by atoms with Gasteiger partial charge in [-0.2, -0.15) is 18.3 Å². The van der Waals surface area contributed by atoms with Crippen molar-refractivity contribution in [3.63, 3.8) is 0 Å². The van der Waals surface area contributed by atoms with E-state index in [0.29, 0.717) is 33.5 Å². The number of fused-ring (bicyclic) bond motifs is 4. The normalized spacial score (nSPS) is 15.1. The van der Waals surface area contributed by atoms with Crippen LogP contribution in [0.2, 0.25) is 0 Å². The highest BCUT2D eigenvalue weighted by Crippen LogP contribution is 2.42. The second-order valence-corrected chi connectivity index (χ2v) is 8.77. The standard InChI is InChI=1S/C26H19F3N6O2/c1-34-12-16(10-32-34)35(22-13-37-23-9-15(26(27,28)29)3-4-18(22)23)25(36)14-2-5-21-19(8-14)20-11-31-7-6-17(20)24(30)33-21/h2-12,22H,13H2,1H3,(H2,30,33). The van der Waals surface area contributed by atoms with E-state index in [4.69, 9.17) is 10.5 Å². The third kappa shape index (κ3) is 3.79. The van der Waals surface area contributed by atoms with Crippen LogP contribution >= 0.6 is 0 Å². The van der Waals surface area contributed by atoms with Crippen molar-refractivity contribution in [1.29, 1.82) is 0 Å². The van der Waals surface area contributed by atoms with E-state index in [0.717, 1.165) is 22.9 Å². The Bertz CT molecular complexity index is 1700. The fourth-order valence-electron chi connectivity index (χ4n) is 4.70. The zero-order valence-corrected chi connectivity index (χ0v) is 19.4. The number of nitrogens with two attached hydrogens (primary N) is 1. The molecule has 1 atom stereocenters. The number of nitrogens with zero attached hydrogens (tertiary/aromatic N) is 5. The second-order valence-electron chi connectivity index (χ2n) is 8.77. The number of aromatic nitrogens is 4. The van der Waals surface area contributed by atoms with Crippen molar-refractivity contribution in [2.45, 2.75) is 12.2 Å². The van der Waals surface area contributed by atoms with Crippen molar-refractivity contribution in [3.8, 4) is 5.75 Å². The van der Waals surface area contributed by atoms with Crippen molar-refractivity contribution in [2.75, 3.05) is 17.2 Å². The first-order valence-electron chi connectivity index (χ1n) is 11.3. The minimum Gasteiger partial charge on any atom is -0.491 e. The van der Waals surface area contributed by atoms with Gasteiger partial charge in [-0.25, -0.2) is 4.98 Å². The van der Waals surface area contributed by atoms with E-state index in [2.05, 4.69) is 15.1 Å². The van der Waals surface area contributed by atoms with Crippen LogP contribution in [0.25, 0.3) is 21.7 Å². The lowest BCUT2D eigenvalue weighted by atomic mass is 10.0. The third-order valence-electron chi connectivity index (χ3n) is 6.47. The van der Waals surface area contributed by atoms with E-state index >= 15 is 0 Å². The van der Waals surface area contributed by atoms with Gasteiger partial charge in [0.05, 0.1) is 29.0 Å². The van der Waals surface area contributed by atoms with Gasteiger partial charge in [-0.1, -0.05) is 6.07 Å². The van der Waals surface area contributed by atoms with E-state index < -0.39 is 17.8 Å². The summed E-state index contributed by atoms with van der Waals surface area (Å²) in [6, 6.07) is 9.50. The summed E-state index contributed by atoms with van der Waals surface area (Å²) >= 11 is 0. The van der Waals surface area contributed by atoms with Gasteiger partial charge in [0.1, 0.15) is 18.2 Å². The van der Waals surface area contributed by atoms with E-state index in [1.165, 1.54) is 17.2 Å². The van der Waals surface area contributed by atoms with E-state index in [1.54, 1.807) is 54.6 Å². The van der Waals surface area contributed by atoms with Gasteiger partial charge >= 0.3 is 6.18 Å². The summed E-state index contributed by atoms with van der Waals surface area (Å²) in [4.78, 5) is 24.2. The second kappa shape index (κ2) is 8.19. The fourth-order valence-corrected chi connectivity index (χ4v) is 4.70. The number of alkyl halides is 3. The summed E-state index contributed by atoms with van der Waals surface area (Å²) in [6.45, 7) is -0.00417. The monoisotopic (exact) mass is 504 g/mol. The molecule has 0 spiro atoms. The average Bonchev–Trinajstić information content (AvgIpc) is 3.50. The van der Waals surface area contributed by atoms with Crippen molar-refractivity contribution < 1.29 is 22.7 Å². The Morgan fingerprint density at radius 2 is 1.95 bits per heavy atom. The maximum absolute atomic E-state index is 14.0. The van der Waals surface area contributed by atoms with Crippen LogP contribution in [0.3, 0.4) is 0 Å². The largest absolute Gasteiger partial charge is 0.491 e. The van der Waals surface area contributed by atoms with Crippen LogP contribution in [-0.2, 0) is 13.2 Å². The molecule has 1 aliphatic rings. The predicted molar refractivity (Wildman–Crippen MR) is 131 cm³/mol. The number of hydrogen-bond acceptors (Lipinski definition) is 6. The van der Waals surface area contributed by atoms with Crippen LogP contribution in [0, 0.1) is 0 Å². The number of halogens is 3. The van der Waals surface area contributed by atoms with Crippen molar-refractivity contribution in [1.82, 2.24) is 19.7 Å². The SMILES string of the molecule is Cn1cc(N(C(=O)c2ccc3nc(N)c4ccncc4c3c2)C2COc3cc(C(F)(F)F)ccc32)cn1. The first-order chi connectivity index (χ1) is 17.7. The molecule has 1 aliphatic heterocycles. The van der Waals surface area contributed by atoms with E-state index in [-0.39, 0.29) is 18.3 Å². The van der Waals surface area contributed by atoms with Gasteiger partial charge in [-0.05, 0) is 36.4 Å².